The van der Waals surface area contributed by atoms with Crippen LogP contribution in [0.5, 0.6) is 5.75 Å². The van der Waals surface area contributed by atoms with E-state index in [2.05, 4.69) is 9.80 Å². The number of amides is 2. The number of hydrogen-bond acceptors (Lipinski definition) is 7. The molecule has 6 rings (SSSR count). The first kappa shape index (κ1) is 34.6. The molecule has 2 aliphatic heterocycles. The average molecular weight is 676 g/mol. The van der Waals surface area contributed by atoms with E-state index in [0.717, 1.165) is 42.5 Å². The summed E-state index contributed by atoms with van der Waals surface area (Å²) >= 11 is 0. The Balaban J connectivity index is 1.24. The highest BCUT2D eigenvalue weighted by molar-refractivity contribution is 5.96. The lowest BCUT2D eigenvalue weighted by atomic mass is 9.98. The van der Waals surface area contributed by atoms with Gasteiger partial charge in [-0.3, -0.25) is 14.4 Å². The maximum absolute atomic E-state index is 14.0. The Kier molecular flexibility index (Phi) is 11.4. The van der Waals surface area contributed by atoms with E-state index in [1.165, 1.54) is 4.90 Å². The smallest absolute Gasteiger partial charge is 0.323 e. The minimum atomic E-state index is -1.07. The summed E-state index contributed by atoms with van der Waals surface area (Å²) in [5, 5.41) is 9.71. The molecule has 0 saturated carbocycles. The third-order valence-corrected chi connectivity index (χ3v) is 9.87. The number of para-hydroxylation sites is 1. The van der Waals surface area contributed by atoms with E-state index < -0.39 is 18.4 Å². The van der Waals surface area contributed by atoms with E-state index in [4.69, 9.17) is 14.7 Å². The number of methoxy groups -OCH3 is 1. The number of carbonyl (C=O) groups excluding carboxylic acids is 2. The van der Waals surface area contributed by atoms with E-state index >= 15 is 0 Å². The quantitative estimate of drug-likeness (QED) is 0.208. The molecule has 2 unspecified atom stereocenters. The van der Waals surface area contributed by atoms with Crippen molar-refractivity contribution in [1.29, 1.82) is 0 Å². The molecule has 10 heteroatoms. The fraction of sp³-hybridized carbons (Fsp3) is 0.375. The normalized spacial score (nSPS) is 17.1. The molecule has 0 radical (unpaired) electrons. The van der Waals surface area contributed by atoms with Crippen LogP contribution in [-0.4, -0.2) is 88.5 Å². The molecular weight excluding hydrogens is 630 g/mol. The van der Waals surface area contributed by atoms with Crippen molar-refractivity contribution in [2.75, 3.05) is 44.7 Å². The van der Waals surface area contributed by atoms with Crippen LogP contribution in [0, 0.1) is 5.92 Å². The summed E-state index contributed by atoms with van der Waals surface area (Å²) < 4.78 is 5.52. The third kappa shape index (κ3) is 8.48. The lowest BCUT2D eigenvalue weighted by Gasteiger charge is -2.30. The van der Waals surface area contributed by atoms with Gasteiger partial charge in [0.2, 0.25) is 11.9 Å². The van der Waals surface area contributed by atoms with Crippen molar-refractivity contribution in [3.05, 3.63) is 119 Å². The summed E-state index contributed by atoms with van der Waals surface area (Å²) in [4.78, 5) is 55.0. The van der Waals surface area contributed by atoms with Gasteiger partial charge in [0.05, 0.1) is 30.8 Å². The molecule has 2 amide bonds. The number of ether oxygens (including phenoxy) is 1. The molecule has 2 fully saturated rings. The molecule has 260 valence electrons. The van der Waals surface area contributed by atoms with Gasteiger partial charge >= 0.3 is 5.97 Å². The van der Waals surface area contributed by atoms with Crippen LogP contribution in [0.15, 0.2) is 91.1 Å². The number of benzene rings is 3. The number of rotatable bonds is 13. The molecule has 50 heavy (non-hydrogen) atoms. The lowest BCUT2D eigenvalue weighted by molar-refractivity contribution is -0.137. The van der Waals surface area contributed by atoms with Crippen molar-refractivity contribution in [2.24, 2.45) is 5.92 Å². The zero-order valence-corrected chi connectivity index (χ0v) is 28.6. The first-order valence-corrected chi connectivity index (χ1v) is 17.5. The minimum absolute atomic E-state index is 0.0291. The van der Waals surface area contributed by atoms with Gasteiger partial charge in [0.15, 0.2) is 0 Å². The van der Waals surface area contributed by atoms with Crippen molar-refractivity contribution in [2.45, 2.75) is 51.0 Å². The molecule has 1 aromatic heterocycles. The second kappa shape index (κ2) is 16.4. The fourth-order valence-corrected chi connectivity index (χ4v) is 7.26. The van der Waals surface area contributed by atoms with Crippen molar-refractivity contribution >= 4 is 23.7 Å². The molecule has 2 aliphatic rings. The van der Waals surface area contributed by atoms with E-state index in [1.807, 2.05) is 84.9 Å². The summed E-state index contributed by atoms with van der Waals surface area (Å²) in [5.74, 6) is 0.151. The number of aromatic nitrogens is 2. The SMILES string of the molecule is COc1ccccc1CC(=O)N1CCCCC2CN(c3ncc(C(=O)N(CCc4ccccc4)CC(=O)O)c(CCc4ccccc4)n3)CC21. The van der Waals surface area contributed by atoms with Crippen LogP contribution in [0.2, 0.25) is 0 Å². The van der Waals surface area contributed by atoms with Crippen LogP contribution in [-0.2, 0) is 35.3 Å². The Morgan fingerprint density at radius 1 is 0.880 bits per heavy atom. The number of aliphatic carboxylic acids is 1. The number of aryl methyl sites for hydroxylation is 2. The molecule has 10 nitrogen and oxygen atoms in total. The average Bonchev–Trinajstić information content (AvgIpc) is 3.46. The number of carbonyl (C=O) groups is 3. The topological polar surface area (TPSA) is 116 Å². The van der Waals surface area contributed by atoms with Gasteiger partial charge in [0, 0.05) is 37.9 Å². The number of nitrogens with zero attached hydrogens (tertiary/aromatic N) is 5. The second-order valence-electron chi connectivity index (χ2n) is 13.2. The highest BCUT2D eigenvalue weighted by Gasteiger charge is 2.41. The minimum Gasteiger partial charge on any atom is -0.496 e. The second-order valence-corrected chi connectivity index (χ2v) is 13.2. The van der Waals surface area contributed by atoms with Crippen LogP contribution < -0.4 is 9.64 Å². The Hall–Kier alpha value is -5.25. The van der Waals surface area contributed by atoms with Crippen LogP contribution in [0.4, 0.5) is 5.95 Å². The summed E-state index contributed by atoms with van der Waals surface area (Å²) in [6.07, 6.45) is 6.57. The highest BCUT2D eigenvalue weighted by Crippen LogP contribution is 2.33. The van der Waals surface area contributed by atoms with Crippen LogP contribution in [0.25, 0.3) is 0 Å². The first-order valence-electron chi connectivity index (χ1n) is 17.5. The lowest BCUT2D eigenvalue weighted by Crippen LogP contribution is -2.45. The largest absolute Gasteiger partial charge is 0.496 e. The first-order chi connectivity index (χ1) is 24.4. The zero-order valence-electron chi connectivity index (χ0n) is 28.6. The summed E-state index contributed by atoms with van der Waals surface area (Å²) in [5.41, 5.74) is 3.93. The summed E-state index contributed by atoms with van der Waals surface area (Å²) in [6, 6.07) is 27.5. The van der Waals surface area contributed by atoms with E-state index in [1.54, 1.807) is 13.3 Å². The van der Waals surface area contributed by atoms with Crippen molar-refractivity contribution in [3.63, 3.8) is 0 Å². The van der Waals surface area contributed by atoms with Crippen LogP contribution >= 0.6 is 0 Å². The molecule has 0 aliphatic carbocycles. The van der Waals surface area contributed by atoms with Gasteiger partial charge in [0.1, 0.15) is 12.3 Å². The molecule has 1 N–H and O–H groups in total. The number of fused-ring (bicyclic) bond motifs is 1. The Labute approximate surface area is 293 Å². The molecule has 4 aromatic rings. The maximum Gasteiger partial charge on any atom is 0.323 e. The standard InChI is InChI=1S/C40H45N5O5/c1-50-36-18-9-8-16-31(36)24-37(46)45-22-11-10-17-32-26-44(27-35(32)45)40-41-25-33(34(42-40)20-19-29-12-4-2-5-13-29)39(49)43(28-38(47)48)23-21-30-14-6-3-7-15-30/h2-9,12-16,18,25,32,35H,10-11,17,19-24,26-28H2,1H3,(H,47,48). The Morgan fingerprint density at radius 3 is 2.30 bits per heavy atom. The van der Waals surface area contributed by atoms with Gasteiger partial charge in [-0.25, -0.2) is 9.97 Å². The fourth-order valence-electron chi connectivity index (χ4n) is 7.26. The molecule has 3 heterocycles. The predicted octanol–water partition coefficient (Wildman–Crippen LogP) is 5.10. The van der Waals surface area contributed by atoms with Crippen LogP contribution in [0.1, 0.15) is 52.0 Å². The molecule has 0 bridgehead atoms. The van der Waals surface area contributed by atoms with Gasteiger partial charge in [-0.2, -0.15) is 0 Å². The summed E-state index contributed by atoms with van der Waals surface area (Å²) in [6.45, 7) is 1.87. The monoisotopic (exact) mass is 675 g/mol. The summed E-state index contributed by atoms with van der Waals surface area (Å²) in [7, 11) is 1.63. The maximum atomic E-state index is 14.0. The zero-order chi connectivity index (χ0) is 34.9. The number of anilines is 1. The number of hydrogen-bond donors (Lipinski definition) is 1. The van der Waals surface area contributed by atoms with Crippen molar-refractivity contribution in [1.82, 2.24) is 19.8 Å². The Bertz CT molecular complexity index is 1770. The van der Waals surface area contributed by atoms with E-state index in [9.17, 15) is 19.5 Å². The van der Waals surface area contributed by atoms with Crippen molar-refractivity contribution in [3.8, 4) is 5.75 Å². The van der Waals surface area contributed by atoms with E-state index in [-0.39, 0.29) is 30.8 Å². The Morgan fingerprint density at radius 2 is 1.58 bits per heavy atom. The van der Waals surface area contributed by atoms with Gasteiger partial charge in [0.25, 0.3) is 5.91 Å². The van der Waals surface area contributed by atoms with Crippen molar-refractivity contribution < 1.29 is 24.2 Å². The molecule has 2 saturated heterocycles. The third-order valence-electron chi connectivity index (χ3n) is 9.87. The van der Waals surface area contributed by atoms with E-state index in [0.29, 0.717) is 55.3 Å². The molecule has 3 aromatic carbocycles. The van der Waals surface area contributed by atoms with Gasteiger partial charge < -0.3 is 24.5 Å². The predicted molar refractivity (Wildman–Crippen MR) is 191 cm³/mol. The molecule has 2 atom stereocenters. The highest BCUT2D eigenvalue weighted by atomic mass is 16.5. The number of carboxylic acids is 1. The number of carboxylic acid groups (broad SMARTS) is 1. The van der Waals surface area contributed by atoms with Gasteiger partial charge in [-0.15, -0.1) is 0 Å². The molecule has 0 spiro atoms. The van der Waals surface area contributed by atoms with Gasteiger partial charge in [-0.05, 0) is 55.2 Å². The van der Waals surface area contributed by atoms with Crippen LogP contribution in [0.3, 0.4) is 0 Å². The van der Waals surface area contributed by atoms with Gasteiger partial charge in [-0.1, -0.05) is 85.3 Å². The molecular formula is C40H45N5O5. The number of likely N-dealkylation sites (tertiary alicyclic amines) is 1.